The maximum Gasteiger partial charge on any atom is 0.183 e. The Hall–Kier alpha value is -1.84. The number of para-hydroxylation sites is 1. The fourth-order valence-electron chi connectivity index (χ4n) is 1.96. The van der Waals surface area contributed by atoms with Crippen LogP contribution >= 0.6 is 0 Å². The number of nitrogen functional groups attached to an aromatic ring is 1. The summed E-state index contributed by atoms with van der Waals surface area (Å²) in [6, 6.07) is 7.68. The molecule has 0 radical (unpaired) electrons. The second kappa shape index (κ2) is 3.63. The summed E-state index contributed by atoms with van der Waals surface area (Å²) in [7, 11) is 0. The molecular weight excluding hydrogens is 200 g/mol. The van der Waals surface area contributed by atoms with E-state index in [4.69, 9.17) is 5.73 Å². The minimum atomic E-state index is 0.575. The number of rotatable bonds is 2. The molecule has 1 aliphatic carbocycles. The number of nitrogens with zero attached hydrogens (tertiary/aromatic N) is 2. The fraction of sp³-hybridized carbons (Fsp3) is 0.333. The summed E-state index contributed by atoms with van der Waals surface area (Å²) in [5, 5.41) is 7.25. The third-order valence-corrected chi connectivity index (χ3v) is 3.20. The van der Waals surface area contributed by atoms with Crippen LogP contribution in [-0.4, -0.2) is 15.2 Å². The Morgan fingerprint density at radius 3 is 2.75 bits per heavy atom. The van der Waals surface area contributed by atoms with E-state index < -0.39 is 0 Å². The Labute approximate surface area is 93.9 Å². The molecule has 82 valence electrons. The van der Waals surface area contributed by atoms with Crippen LogP contribution in [0.4, 0.5) is 5.69 Å². The second-order valence-electron chi connectivity index (χ2n) is 4.26. The quantitative estimate of drug-likeness (QED) is 0.754. The maximum atomic E-state index is 5.89. The summed E-state index contributed by atoms with van der Waals surface area (Å²) in [6.07, 6.45) is 3.74. The highest BCUT2D eigenvalue weighted by atomic mass is 15.2. The standard InChI is InChI=1S/C12H14N4/c13-10-7-2-1-6-9(10)12-14-11(15-16-12)8-4-3-5-8/h1-2,6-8H,3-5,13H2,(H,14,15,16). The number of nitrogens with two attached hydrogens (primary N) is 1. The van der Waals surface area contributed by atoms with Gasteiger partial charge in [-0.05, 0) is 25.0 Å². The van der Waals surface area contributed by atoms with Crippen LogP contribution in [0.2, 0.25) is 0 Å². The average molecular weight is 214 g/mol. The van der Waals surface area contributed by atoms with Crippen LogP contribution < -0.4 is 5.73 Å². The molecule has 0 atom stereocenters. The van der Waals surface area contributed by atoms with Gasteiger partial charge >= 0.3 is 0 Å². The van der Waals surface area contributed by atoms with Gasteiger partial charge in [0.1, 0.15) is 5.82 Å². The van der Waals surface area contributed by atoms with Crippen LogP contribution in [-0.2, 0) is 0 Å². The molecule has 1 saturated carbocycles. The van der Waals surface area contributed by atoms with Crippen molar-refractivity contribution >= 4 is 5.69 Å². The van der Waals surface area contributed by atoms with Crippen molar-refractivity contribution in [3.05, 3.63) is 30.1 Å². The lowest BCUT2D eigenvalue weighted by Gasteiger charge is -2.22. The highest BCUT2D eigenvalue weighted by molar-refractivity contribution is 5.70. The molecule has 0 unspecified atom stereocenters. The van der Waals surface area contributed by atoms with E-state index in [2.05, 4.69) is 15.2 Å². The smallest absolute Gasteiger partial charge is 0.183 e. The van der Waals surface area contributed by atoms with Gasteiger partial charge in [0.25, 0.3) is 0 Å². The molecule has 0 aliphatic heterocycles. The largest absolute Gasteiger partial charge is 0.398 e. The number of hydrogen-bond acceptors (Lipinski definition) is 3. The molecule has 0 saturated heterocycles. The van der Waals surface area contributed by atoms with E-state index in [0.717, 1.165) is 17.1 Å². The van der Waals surface area contributed by atoms with Crippen molar-refractivity contribution in [3.63, 3.8) is 0 Å². The van der Waals surface area contributed by atoms with E-state index in [1.165, 1.54) is 19.3 Å². The van der Waals surface area contributed by atoms with Gasteiger partial charge < -0.3 is 5.73 Å². The molecule has 1 aromatic carbocycles. The number of aromatic amines is 1. The van der Waals surface area contributed by atoms with Crippen molar-refractivity contribution in [2.24, 2.45) is 0 Å². The van der Waals surface area contributed by atoms with Gasteiger partial charge in [0, 0.05) is 17.2 Å². The molecule has 1 aliphatic rings. The Morgan fingerprint density at radius 1 is 1.25 bits per heavy atom. The Morgan fingerprint density at radius 2 is 2.06 bits per heavy atom. The Balaban J connectivity index is 1.95. The monoisotopic (exact) mass is 214 g/mol. The van der Waals surface area contributed by atoms with E-state index in [1.807, 2.05) is 24.3 Å². The van der Waals surface area contributed by atoms with Crippen LogP contribution in [0.25, 0.3) is 11.4 Å². The first-order chi connectivity index (χ1) is 7.84. The van der Waals surface area contributed by atoms with Gasteiger partial charge in [-0.2, -0.15) is 5.10 Å². The van der Waals surface area contributed by atoms with Crippen molar-refractivity contribution in [1.29, 1.82) is 0 Å². The minimum absolute atomic E-state index is 0.575. The lowest BCUT2D eigenvalue weighted by Crippen LogP contribution is -2.10. The molecule has 3 rings (SSSR count). The lowest BCUT2D eigenvalue weighted by molar-refractivity contribution is 0.402. The summed E-state index contributed by atoms with van der Waals surface area (Å²) < 4.78 is 0. The van der Waals surface area contributed by atoms with Crippen molar-refractivity contribution in [1.82, 2.24) is 15.2 Å². The molecule has 0 bridgehead atoms. The van der Waals surface area contributed by atoms with Gasteiger partial charge in [0.05, 0.1) is 0 Å². The molecule has 1 aromatic heterocycles. The number of anilines is 1. The van der Waals surface area contributed by atoms with Gasteiger partial charge in [-0.1, -0.05) is 18.6 Å². The molecular formula is C12H14N4. The number of H-pyrrole nitrogens is 1. The predicted molar refractivity (Wildman–Crippen MR) is 62.8 cm³/mol. The van der Waals surface area contributed by atoms with Crippen LogP contribution in [0.3, 0.4) is 0 Å². The van der Waals surface area contributed by atoms with E-state index in [1.54, 1.807) is 0 Å². The van der Waals surface area contributed by atoms with Crippen molar-refractivity contribution in [2.75, 3.05) is 5.73 Å². The van der Waals surface area contributed by atoms with Crippen LogP contribution in [0.5, 0.6) is 0 Å². The van der Waals surface area contributed by atoms with E-state index >= 15 is 0 Å². The van der Waals surface area contributed by atoms with Crippen LogP contribution in [0.15, 0.2) is 24.3 Å². The third-order valence-electron chi connectivity index (χ3n) is 3.20. The highest BCUT2D eigenvalue weighted by Gasteiger charge is 2.23. The van der Waals surface area contributed by atoms with Crippen molar-refractivity contribution in [3.8, 4) is 11.4 Å². The number of nitrogens with one attached hydrogen (secondary N) is 1. The number of aromatic nitrogens is 3. The highest BCUT2D eigenvalue weighted by Crippen LogP contribution is 2.35. The zero-order valence-corrected chi connectivity index (χ0v) is 8.98. The first-order valence-electron chi connectivity index (χ1n) is 5.62. The summed E-state index contributed by atoms with van der Waals surface area (Å²) in [5.41, 5.74) is 7.52. The summed E-state index contributed by atoms with van der Waals surface area (Å²) >= 11 is 0. The summed E-state index contributed by atoms with van der Waals surface area (Å²) in [4.78, 5) is 4.52. The minimum Gasteiger partial charge on any atom is -0.398 e. The average Bonchev–Trinajstić information content (AvgIpc) is 2.65. The van der Waals surface area contributed by atoms with Crippen molar-refractivity contribution in [2.45, 2.75) is 25.2 Å². The third kappa shape index (κ3) is 1.46. The second-order valence-corrected chi connectivity index (χ2v) is 4.26. The molecule has 16 heavy (non-hydrogen) atoms. The van der Waals surface area contributed by atoms with Crippen LogP contribution in [0.1, 0.15) is 31.0 Å². The molecule has 0 amide bonds. The van der Waals surface area contributed by atoms with E-state index in [-0.39, 0.29) is 0 Å². The Bertz CT molecular complexity index is 499. The van der Waals surface area contributed by atoms with Gasteiger partial charge in [-0.25, -0.2) is 4.98 Å². The maximum absolute atomic E-state index is 5.89. The SMILES string of the molecule is Nc1ccccc1-c1n[nH]c(C2CCC2)n1. The van der Waals surface area contributed by atoms with Gasteiger partial charge in [-0.15, -0.1) is 0 Å². The summed E-state index contributed by atoms with van der Waals surface area (Å²) in [6.45, 7) is 0. The molecule has 0 spiro atoms. The van der Waals surface area contributed by atoms with Gasteiger partial charge in [0.2, 0.25) is 0 Å². The van der Waals surface area contributed by atoms with Gasteiger partial charge in [-0.3, -0.25) is 5.10 Å². The molecule has 2 aromatic rings. The predicted octanol–water partition coefficient (Wildman–Crippen LogP) is 2.32. The summed E-state index contributed by atoms with van der Waals surface area (Å²) in [5.74, 6) is 2.29. The first-order valence-corrected chi connectivity index (χ1v) is 5.62. The topological polar surface area (TPSA) is 67.6 Å². The number of benzene rings is 1. The van der Waals surface area contributed by atoms with Gasteiger partial charge in [0.15, 0.2) is 5.82 Å². The van der Waals surface area contributed by atoms with Crippen molar-refractivity contribution < 1.29 is 0 Å². The Kier molecular flexibility index (Phi) is 2.13. The van der Waals surface area contributed by atoms with Crippen LogP contribution in [0, 0.1) is 0 Å². The molecule has 1 fully saturated rings. The molecule has 1 heterocycles. The van der Waals surface area contributed by atoms with E-state index in [9.17, 15) is 0 Å². The lowest BCUT2D eigenvalue weighted by atomic mass is 9.85. The first kappa shape index (κ1) is 9.39. The molecule has 4 nitrogen and oxygen atoms in total. The molecule has 4 heteroatoms. The zero-order chi connectivity index (χ0) is 11.0. The van der Waals surface area contributed by atoms with E-state index in [0.29, 0.717) is 11.7 Å². The normalized spacial score (nSPS) is 16.0. The fourth-order valence-corrected chi connectivity index (χ4v) is 1.96. The number of hydrogen-bond donors (Lipinski definition) is 2. The molecule has 3 N–H and O–H groups in total. The zero-order valence-electron chi connectivity index (χ0n) is 8.98.